The number of ether oxygens (including phenoxy) is 1. The summed E-state index contributed by atoms with van der Waals surface area (Å²) in [6.07, 6.45) is 2.28. The van der Waals surface area contributed by atoms with E-state index in [9.17, 15) is 4.79 Å². The number of hydrogen-bond acceptors (Lipinski definition) is 4. The molecule has 0 aliphatic heterocycles. The molecule has 0 aliphatic rings. The van der Waals surface area contributed by atoms with Gasteiger partial charge in [-0.3, -0.25) is 4.79 Å². The molecular weight excluding hydrogens is 246 g/mol. The minimum atomic E-state index is -0.0586. The fourth-order valence-electron chi connectivity index (χ4n) is 1.56. The lowest BCUT2D eigenvalue weighted by Gasteiger charge is -2.11. The van der Waals surface area contributed by atoms with Gasteiger partial charge in [-0.05, 0) is 24.6 Å². The van der Waals surface area contributed by atoms with E-state index in [2.05, 4.69) is 10.5 Å². The van der Waals surface area contributed by atoms with Crippen LogP contribution in [-0.2, 0) is 4.79 Å². The van der Waals surface area contributed by atoms with Crippen LogP contribution in [0.2, 0.25) is 0 Å². The number of benzene rings is 1. The molecule has 0 saturated heterocycles. The first-order valence-electron chi connectivity index (χ1n) is 6.08. The van der Waals surface area contributed by atoms with Crippen molar-refractivity contribution in [3.8, 4) is 5.75 Å². The third-order valence-electron chi connectivity index (χ3n) is 2.64. The number of carbonyl (C=O) groups is 1. The van der Waals surface area contributed by atoms with Gasteiger partial charge in [0.05, 0.1) is 12.8 Å². The molecule has 0 spiro atoms. The van der Waals surface area contributed by atoms with E-state index in [1.54, 1.807) is 18.2 Å². The van der Waals surface area contributed by atoms with E-state index in [1.807, 2.05) is 6.92 Å². The quantitative estimate of drug-likeness (QED) is 0.317. The molecule has 4 N–H and O–H groups in total. The summed E-state index contributed by atoms with van der Waals surface area (Å²) in [7, 11) is 1.49. The van der Waals surface area contributed by atoms with Crippen molar-refractivity contribution in [1.82, 2.24) is 0 Å². The Morgan fingerprint density at radius 1 is 1.53 bits per heavy atom. The maximum atomic E-state index is 11.7. The molecule has 1 aromatic rings. The van der Waals surface area contributed by atoms with E-state index < -0.39 is 0 Å². The summed E-state index contributed by atoms with van der Waals surface area (Å²) in [6.45, 7) is 2.03. The second-order valence-corrected chi connectivity index (χ2v) is 4.05. The number of unbranched alkanes of at least 4 members (excludes halogenated alkanes) is 1. The first kappa shape index (κ1) is 14.8. The lowest BCUT2D eigenvalue weighted by atomic mass is 10.1. The van der Waals surface area contributed by atoms with Crippen molar-refractivity contribution in [2.24, 2.45) is 10.9 Å². The Bertz CT molecular complexity index is 472. The Kier molecular flexibility index (Phi) is 5.66. The second-order valence-electron chi connectivity index (χ2n) is 4.05. The summed E-state index contributed by atoms with van der Waals surface area (Å²) < 4.78 is 5.18. The number of rotatable bonds is 6. The average Bonchev–Trinajstić information content (AvgIpc) is 2.44. The fourth-order valence-corrected chi connectivity index (χ4v) is 1.56. The molecule has 0 radical (unpaired) electrons. The highest BCUT2D eigenvalue weighted by Crippen LogP contribution is 2.25. The highest BCUT2D eigenvalue weighted by molar-refractivity contribution is 5.99. The molecule has 6 nitrogen and oxygen atoms in total. The third kappa shape index (κ3) is 4.17. The fraction of sp³-hybridized carbons (Fsp3) is 0.385. The normalized spacial score (nSPS) is 11.2. The van der Waals surface area contributed by atoms with Gasteiger partial charge in [-0.15, -0.1) is 0 Å². The van der Waals surface area contributed by atoms with Gasteiger partial charge in [0.25, 0.3) is 0 Å². The van der Waals surface area contributed by atoms with Crippen LogP contribution in [0.1, 0.15) is 31.7 Å². The number of methoxy groups -OCH3 is 1. The first-order chi connectivity index (χ1) is 9.12. The van der Waals surface area contributed by atoms with Crippen molar-refractivity contribution in [3.63, 3.8) is 0 Å². The largest absolute Gasteiger partial charge is 0.495 e. The van der Waals surface area contributed by atoms with Crippen molar-refractivity contribution < 1.29 is 14.7 Å². The maximum Gasteiger partial charge on any atom is 0.224 e. The molecule has 0 unspecified atom stereocenters. The molecule has 19 heavy (non-hydrogen) atoms. The van der Waals surface area contributed by atoms with Gasteiger partial charge in [-0.1, -0.05) is 18.5 Å². The lowest BCUT2D eigenvalue weighted by molar-refractivity contribution is -0.116. The van der Waals surface area contributed by atoms with Crippen molar-refractivity contribution in [1.29, 1.82) is 0 Å². The third-order valence-corrected chi connectivity index (χ3v) is 2.64. The van der Waals surface area contributed by atoms with Crippen LogP contribution in [-0.4, -0.2) is 24.1 Å². The van der Waals surface area contributed by atoms with Gasteiger partial charge in [0.2, 0.25) is 5.91 Å². The van der Waals surface area contributed by atoms with Crippen LogP contribution in [0.5, 0.6) is 5.75 Å². The number of nitrogens with two attached hydrogens (primary N) is 1. The number of nitrogens with one attached hydrogen (secondary N) is 1. The van der Waals surface area contributed by atoms with Gasteiger partial charge in [-0.2, -0.15) is 0 Å². The summed E-state index contributed by atoms with van der Waals surface area (Å²) in [6, 6.07) is 4.91. The number of hydrogen-bond donors (Lipinski definition) is 3. The molecule has 0 aliphatic carbocycles. The van der Waals surface area contributed by atoms with Crippen LogP contribution in [0.4, 0.5) is 5.69 Å². The Labute approximate surface area is 112 Å². The SMILES string of the molecule is CCCCC(=O)Nc1ccc(/C(N)=N/O)cc1OC. The van der Waals surface area contributed by atoms with Crippen LogP contribution < -0.4 is 15.8 Å². The molecule has 1 amide bonds. The molecule has 1 rings (SSSR count). The summed E-state index contributed by atoms with van der Waals surface area (Å²) in [4.78, 5) is 11.7. The Morgan fingerprint density at radius 3 is 2.84 bits per heavy atom. The van der Waals surface area contributed by atoms with Crippen LogP contribution in [0.25, 0.3) is 0 Å². The maximum absolute atomic E-state index is 11.7. The van der Waals surface area contributed by atoms with E-state index in [1.165, 1.54) is 7.11 Å². The average molecular weight is 265 g/mol. The molecule has 0 bridgehead atoms. The smallest absolute Gasteiger partial charge is 0.224 e. The number of oxime groups is 1. The molecule has 0 atom stereocenters. The minimum absolute atomic E-state index is 0.0119. The zero-order valence-electron chi connectivity index (χ0n) is 11.1. The van der Waals surface area contributed by atoms with Crippen molar-refractivity contribution in [2.45, 2.75) is 26.2 Å². The van der Waals surface area contributed by atoms with Gasteiger partial charge < -0.3 is 21.0 Å². The Balaban J connectivity index is 2.87. The molecule has 0 aromatic heterocycles. The van der Waals surface area contributed by atoms with E-state index in [0.29, 0.717) is 23.4 Å². The van der Waals surface area contributed by atoms with Gasteiger partial charge >= 0.3 is 0 Å². The molecule has 1 aromatic carbocycles. The van der Waals surface area contributed by atoms with Crippen LogP contribution in [0.3, 0.4) is 0 Å². The number of amides is 1. The van der Waals surface area contributed by atoms with Gasteiger partial charge in [-0.25, -0.2) is 0 Å². The summed E-state index contributed by atoms with van der Waals surface area (Å²) >= 11 is 0. The molecule has 0 heterocycles. The molecule has 0 saturated carbocycles. The van der Waals surface area contributed by atoms with Crippen molar-refractivity contribution in [3.05, 3.63) is 23.8 Å². The second kappa shape index (κ2) is 7.25. The minimum Gasteiger partial charge on any atom is -0.495 e. The highest BCUT2D eigenvalue weighted by Gasteiger charge is 2.09. The number of carbonyl (C=O) groups excluding carboxylic acids is 1. The van der Waals surface area contributed by atoms with Gasteiger partial charge in [0.1, 0.15) is 5.75 Å². The summed E-state index contributed by atoms with van der Waals surface area (Å²) in [5.74, 6) is 0.396. The Hall–Kier alpha value is -2.24. The first-order valence-corrected chi connectivity index (χ1v) is 6.08. The summed E-state index contributed by atoms with van der Waals surface area (Å²) in [5, 5.41) is 14.3. The van der Waals surface area contributed by atoms with Crippen molar-refractivity contribution in [2.75, 3.05) is 12.4 Å². The van der Waals surface area contributed by atoms with Gasteiger partial charge in [0.15, 0.2) is 5.84 Å². The molecule has 104 valence electrons. The van der Waals surface area contributed by atoms with Crippen LogP contribution in [0, 0.1) is 0 Å². The van der Waals surface area contributed by atoms with Crippen LogP contribution in [0.15, 0.2) is 23.4 Å². The standard InChI is InChI=1S/C13H19N3O3/c1-3-4-5-12(17)15-10-7-6-9(13(14)16-18)8-11(10)19-2/h6-8,18H,3-5H2,1-2H3,(H2,14,16)(H,15,17). The number of nitrogens with zero attached hydrogens (tertiary/aromatic N) is 1. The number of anilines is 1. The highest BCUT2D eigenvalue weighted by atomic mass is 16.5. The van der Waals surface area contributed by atoms with E-state index in [-0.39, 0.29) is 11.7 Å². The summed E-state index contributed by atoms with van der Waals surface area (Å²) in [5.41, 5.74) is 6.58. The van der Waals surface area contributed by atoms with Gasteiger partial charge in [0, 0.05) is 12.0 Å². The Morgan fingerprint density at radius 2 is 2.26 bits per heavy atom. The zero-order chi connectivity index (χ0) is 14.3. The van der Waals surface area contributed by atoms with E-state index >= 15 is 0 Å². The predicted molar refractivity (Wildman–Crippen MR) is 73.7 cm³/mol. The lowest BCUT2D eigenvalue weighted by Crippen LogP contribution is -2.15. The van der Waals surface area contributed by atoms with E-state index in [4.69, 9.17) is 15.7 Å². The predicted octanol–water partition coefficient (Wildman–Crippen LogP) is 1.92. The number of amidine groups is 1. The topological polar surface area (TPSA) is 96.9 Å². The van der Waals surface area contributed by atoms with Crippen LogP contribution >= 0.6 is 0 Å². The molecular formula is C13H19N3O3. The van der Waals surface area contributed by atoms with E-state index in [0.717, 1.165) is 12.8 Å². The monoisotopic (exact) mass is 265 g/mol. The molecule has 6 heteroatoms. The van der Waals surface area contributed by atoms with Crippen molar-refractivity contribution >= 4 is 17.4 Å². The zero-order valence-corrected chi connectivity index (χ0v) is 11.1. The molecule has 0 fully saturated rings.